The van der Waals surface area contributed by atoms with Crippen molar-refractivity contribution < 1.29 is 4.42 Å². The van der Waals surface area contributed by atoms with E-state index in [0.29, 0.717) is 0 Å². The molecule has 4 rings (SSSR count). The van der Waals surface area contributed by atoms with Crippen LogP contribution >= 0.6 is 11.3 Å². The fourth-order valence-electron chi connectivity index (χ4n) is 2.22. The lowest BCUT2D eigenvalue weighted by Gasteiger charge is -2.01. The summed E-state index contributed by atoms with van der Waals surface area (Å²) in [6.45, 7) is 2.02. The molecule has 102 valence electrons. The van der Waals surface area contributed by atoms with Crippen LogP contribution in [0, 0.1) is 6.92 Å². The molecule has 0 atom stereocenters. The van der Waals surface area contributed by atoms with Crippen LogP contribution < -0.4 is 0 Å². The lowest BCUT2D eigenvalue weighted by Crippen LogP contribution is -1.88. The molecule has 0 N–H and O–H groups in total. The number of pyridine rings is 2. The Hall–Kier alpha value is -2.46. The Bertz CT molecular complexity index is 860. The van der Waals surface area contributed by atoms with Crippen LogP contribution in [-0.4, -0.2) is 9.97 Å². The van der Waals surface area contributed by atoms with Crippen molar-refractivity contribution in [2.24, 2.45) is 0 Å². The minimum atomic E-state index is 0.854. The largest absolute Gasteiger partial charge is 0.455 e. The quantitative estimate of drug-likeness (QED) is 0.526. The highest BCUT2D eigenvalue weighted by Crippen LogP contribution is 2.31. The second-order valence-corrected chi connectivity index (χ2v) is 5.86. The van der Waals surface area contributed by atoms with E-state index in [9.17, 15) is 0 Å². The predicted molar refractivity (Wildman–Crippen MR) is 85.3 cm³/mol. The summed E-state index contributed by atoms with van der Waals surface area (Å²) in [6, 6.07) is 12.1. The maximum absolute atomic E-state index is 5.81. The third-order valence-electron chi connectivity index (χ3n) is 3.36. The van der Waals surface area contributed by atoms with E-state index in [1.54, 1.807) is 11.3 Å². The molecule has 0 aliphatic carbocycles. The van der Waals surface area contributed by atoms with Gasteiger partial charge >= 0.3 is 0 Å². The van der Waals surface area contributed by atoms with Crippen LogP contribution in [0.15, 0.2) is 58.6 Å². The van der Waals surface area contributed by atoms with Crippen molar-refractivity contribution in [2.45, 2.75) is 6.92 Å². The second-order valence-electron chi connectivity index (χ2n) is 4.91. The number of aryl methyl sites for hydroxylation is 1. The maximum atomic E-state index is 5.81. The predicted octanol–water partition coefficient (Wildman–Crippen LogP) is 4.93. The normalized spacial score (nSPS) is 11.1. The molecule has 0 aliphatic heterocycles. The van der Waals surface area contributed by atoms with E-state index < -0.39 is 0 Å². The van der Waals surface area contributed by atoms with Gasteiger partial charge in [0.25, 0.3) is 0 Å². The third kappa shape index (κ3) is 2.23. The van der Waals surface area contributed by atoms with Gasteiger partial charge in [0.2, 0.25) is 0 Å². The molecule has 4 aromatic rings. The molecule has 4 heteroatoms. The van der Waals surface area contributed by atoms with Crippen molar-refractivity contribution in [1.82, 2.24) is 9.97 Å². The molecule has 0 fully saturated rings. The lowest BCUT2D eigenvalue weighted by atomic mass is 10.1. The Balaban J connectivity index is 1.69. The third-order valence-corrected chi connectivity index (χ3v) is 4.21. The van der Waals surface area contributed by atoms with Gasteiger partial charge in [0.15, 0.2) is 0 Å². The fourth-order valence-corrected chi connectivity index (χ4v) is 2.96. The fraction of sp³-hybridized carbons (Fsp3) is 0.0588. The van der Waals surface area contributed by atoms with Gasteiger partial charge in [0.1, 0.15) is 11.3 Å². The van der Waals surface area contributed by atoms with Gasteiger partial charge in [-0.3, -0.25) is 9.97 Å². The summed E-state index contributed by atoms with van der Waals surface area (Å²) in [5.74, 6) is 0.854. The minimum absolute atomic E-state index is 0.854. The van der Waals surface area contributed by atoms with Gasteiger partial charge in [-0.15, -0.1) is 11.3 Å². The summed E-state index contributed by atoms with van der Waals surface area (Å²) in [6.07, 6.45) is 3.69. The van der Waals surface area contributed by atoms with Crippen molar-refractivity contribution >= 4 is 21.6 Å². The summed E-state index contributed by atoms with van der Waals surface area (Å²) in [5, 5.41) is 2.03. The molecule has 4 aromatic heterocycles. The number of rotatable bonds is 2. The van der Waals surface area contributed by atoms with Crippen molar-refractivity contribution in [3.8, 4) is 22.7 Å². The monoisotopic (exact) mass is 292 g/mol. The first-order valence-electron chi connectivity index (χ1n) is 6.66. The van der Waals surface area contributed by atoms with Crippen LogP contribution in [0.25, 0.3) is 33.0 Å². The molecule has 3 nitrogen and oxygen atoms in total. The first-order valence-corrected chi connectivity index (χ1v) is 7.54. The first kappa shape index (κ1) is 12.3. The zero-order chi connectivity index (χ0) is 14.2. The number of fused-ring (bicyclic) bond motifs is 1. The number of furan rings is 1. The van der Waals surface area contributed by atoms with Gasteiger partial charge in [0, 0.05) is 24.0 Å². The highest BCUT2D eigenvalue weighted by atomic mass is 32.1. The number of nitrogens with zero attached hydrogens (tertiary/aromatic N) is 2. The van der Waals surface area contributed by atoms with Crippen LogP contribution in [0.2, 0.25) is 0 Å². The zero-order valence-corrected chi connectivity index (χ0v) is 12.2. The van der Waals surface area contributed by atoms with Gasteiger partial charge in [0.05, 0.1) is 16.1 Å². The van der Waals surface area contributed by atoms with Crippen LogP contribution in [0.5, 0.6) is 0 Å². The Morgan fingerprint density at radius 2 is 1.76 bits per heavy atom. The van der Waals surface area contributed by atoms with Crippen molar-refractivity contribution in [2.75, 3.05) is 0 Å². The van der Waals surface area contributed by atoms with E-state index in [1.165, 1.54) is 0 Å². The molecule has 0 saturated carbocycles. The van der Waals surface area contributed by atoms with Gasteiger partial charge in [-0.1, -0.05) is 6.07 Å². The summed E-state index contributed by atoms with van der Waals surface area (Å²) >= 11 is 1.68. The lowest BCUT2D eigenvalue weighted by molar-refractivity contribution is 0.632. The highest BCUT2D eigenvalue weighted by molar-refractivity contribution is 7.17. The Morgan fingerprint density at radius 1 is 0.952 bits per heavy atom. The van der Waals surface area contributed by atoms with E-state index in [4.69, 9.17) is 4.42 Å². The van der Waals surface area contributed by atoms with E-state index in [0.717, 1.165) is 38.6 Å². The minimum Gasteiger partial charge on any atom is -0.455 e. The SMILES string of the molecule is Cc1ccc(-c2ccc(-c3cc4sccc4o3)cn2)nc1. The molecule has 21 heavy (non-hydrogen) atoms. The van der Waals surface area contributed by atoms with E-state index >= 15 is 0 Å². The van der Waals surface area contributed by atoms with Crippen molar-refractivity contribution in [3.05, 3.63) is 59.7 Å². The average Bonchev–Trinajstić information content (AvgIpc) is 3.10. The smallest absolute Gasteiger partial charge is 0.145 e. The van der Waals surface area contributed by atoms with E-state index in [-0.39, 0.29) is 0 Å². The van der Waals surface area contributed by atoms with Crippen molar-refractivity contribution in [1.29, 1.82) is 0 Å². The second kappa shape index (κ2) is 4.82. The molecule has 0 saturated heterocycles. The van der Waals surface area contributed by atoms with Crippen LogP contribution in [0.1, 0.15) is 5.56 Å². The number of hydrogen-bond donors (Lipinski definition) is 0. The summed E-state index contributed by atoms with van der Waals surface area (Å²) < 4.78 is 6.97. The summed E-state index contributed by atoms with van der Waals surface area (Å²) in [7, 11) is 0. The molecule has 0 aliphatic rings. The van der Waals surface area contributed by atoms with Gasteiger partial charge in [-0.25, -0.2) is 0 Å². The zero-order valence-electron chi connectivity index (χ0n) is 11.4. The summed E-state index contributed by atoms with van der Waals surface area (Å²) in [4.78, 5) is 8.88. The number of thiophene rings is 1. The van der Waals surface area contributed by atoms with E-state index in [2.05, 4.69) is 16.0 Å². The Kier molecular flexibility index (Phi) is 2.82. The molecule has 0 radical (unpaired) electrons. The molecule has 4 heterocycles. The van der Waals surface area contributed by atoms with Crippen LogP contribution in [0.4, 0.5) is 0 Å². The average molecular weight is 292 g/mol. The molecule has 0 spiro atoms. The van der Waals surface area contributed by atoms with Crippen LogP contribution in [0.3, 0.4) is 0 Å². The molecular weight excluding hydrogens is 280 g/mol. The maximum Gasteiger partial charge on any atom is 0.145 e. The van der Waals surface area contributed by atoms with E-state index in [1.807, 2.05) is 55.0 Å². The number of hydrogen-bond acceptors (Lipinski definition) is 4. The first-order chi connectivity index (χ1) is 10.3. The molecule has 0 bridgehead atoms. The highest BCUT2D eigenvalue weighted by Gasteiger charge is 2.08. The molecule has 0 aromatic carbocycles. The van der Waals surface area contributed by atoms with Gasteiger partial charge < -0.3 is 4.42 Å². The molecule has 0 amide bonds. The van der Waals surface area contributed by atoms with Crippen molar-refractivity contribution in [3.63, 3.8) is 0 Å². The number of aromatic nitrogens is 2. The molecule has 0 unspecified atom stereocenters. The Labute approximate surface area is 125 Å². The van der Waals surface area contributed by atoms with Gasteiger partial charge in [-0.05, 0) is 42.1 Å². The van der Waals surface area contributed by atoms with Crippen LogP contribution in [-0.2, 0) is 0 Å². The van der Waals surface area contributed by atoms with Gasteiger partial charge in [-0.2, -0.15) is 0 Å². The Morgan fingerprint density at radius 3 is 2.43 bits per heavy atom. The summed E-state index contributed by atoms with van der Waals surface area (Å²) in [5.41, 5.74) is 4.80. The topological polar surface area (TPSA) is 38.9 Å². The molecular formula is C17H12N2OS. The standard InChI is InChI=1S/C17H12N2OS/c1-11-2-4-13(18-9-11)14-5-3-12(10-19-14)16-8-17-15(20-16)6-7-21-17/h2-10H,1H3.